The Morgan fingerprint density at radius 2 is 1.88 bits per heavy atom. The number of nitrogens with zero attached hydrogens (tertiary/aromatic N) is 1. The standard InChI is InChI=1S/C24H30F3NO4/c1-2-32-23(31)11-5-3-4-8-16-28-19(13-15-22(28)30)12-14-20(29)17-18-9-6-7-10-21(18)24(25,26)27/h6-7,9-10,12,14,19H,2-5,8,11,13,15-17H2,1H3/t19-/m1/s1. The third kappa shape index (κ3) is 8.13. The Labute approximate surface area is 186 Å². The summed E-state index contributed by atoms with van der Waals surface area (Å²) in [5.41, 5.74) is -0.862. The van der Waals surface area contributed by atoms with Gasteiger partial charge in [0.25, 0.3) is 0 Å². The molecule has 0 bridgehead atoms. The van der Waals surface area contributed by atoms with E-state index in [2.05, 4.69) is 0 Å². The first kappa shape index (κ1) is 25.6. The minimum Gasteiger partial charge on any atom is -0.466 e. The van der Waals surface area contributed by atoms with Gasteiger partial charge in [-0.3, -0.25) is 14.4 Å². The van der Waals surface area contributed by atoms with Gasteiger partial charge in [-0.05, 0) is 43.9 Å². The van der Waals surface area contributed by atoms with Gasteiger partial charge in [0.05, 0.1) is 18.2 Å². The average molecular weight is 454 g/mol. The van der Waals surface area contributed by atoms with Crippen molar-refractivity contribution in [1.29, 1.82) is 0 Å². The van der Waals surface area contributed by atoms with Crippen molar-refractivity contribution >= 4 is 17.7 Å². The Balaban J connectivity index is 1.82. The zero-order valence-electron chi connectivity index (χ0n) is 18.3. The van der Waals surface area contributed by atoms with Gasteiger partial charge in [-0.15, -0.1) is 0 Å². The lowest BCUT2D eigenvalue weighted by Crippen LogP contribution is -2.32. The summed E-state index contributed by atoms with van der Waals surface area (Å²) in [4.78, 5) is 37.5. The predicted molar refractivity (Wildman–Crippen MR) is 114 cm³/mol. The van der Waals surface area contributed by atoms with Crippen LogP contribution in [-0.4, -0.2) is 41.8 Å². The molecule has 0 aromatic heterocycles. The van der Waals surface area contributed by atoms with E-state index in [1.165, 1.54) is 24.3 Å². The molecule has 8 heteroatoms. The highest BCUT2D eigenvalue weighted by Crippen LogP contribution is 2.32. The quantitative estimate of drug-likeness (QED) is 0.257. The van der Waals surface area contributed by atoms with Crippen LogP contribution in [0.4, 0.5) is 13.2 Å². The third-order valence-electron chi connectivity index (χ3n) is 5.40. The third-order valence-corrected chi connectivity index (χ3v) is 5.40. The summed E-state index contributed by atoms with van der Waals surface area (Å²) >= 11 is 0. The average Bonchev–Trinajstić information content (AvgIpc) is 3.08. The molecule has 0 unspecified atom stereocenters. The van der Waals surface area contributed by atoms with E-state index in [4.69, 9.17) is 4.74 Å². The van der Waals surface area contributed by atoms with Crippen LogP contribution in [0.1, 0.15) is 63.0 Å². The first-order chi connectivity index (χ1) is 15.2. The fraction of sp³-hybridized carbons (Fsp3) is 0.542. The molecule has 1 saturated heterocycles. The topological polar surface area (TPSA) is 63.7 Å². The van der Waals surface area contributed by atoms with Crippen molar-refractivity contribution in [1.82, 2.24) is 4.90 Å². The van der Waals surface area contributed by atoms with E-state index in [-0.39, 0.29) is 29.9 Å². The molecule has 176 valence electrons. The minimum atomic E-state index is -4.51. The molecule has 0 radical (unpaired) electrons. The summed E-state index contributed by atoms with van der Waals surface area (Å²) in [6, 6.07) is 4.83. The largest absolute Gasteiger partial charge is 0.466 e. The van der Waals surface area contributed by atoms with Crippen LogP contribution in [0.3, 0.4) is 0 Å². The van der Waals surface area contributed by atoms with Crippen LogP contribution < -0.4 is 0 Å². The van der Waals surface area contributed by atoms with E-state index in [1.807, 2.05) is 0 Å². The van der Waals surface area contributed by atoms with Crippen molar-refractivity contribution in [3.63, 3.8) is 0 Å². The molecule has 1 atom stereocenters. The molecule has 0 saturated carbocycles. The number of benzene rings is 1. The molecule has 1 aromatic carbocycles. The SMILES string of the molecule is CCOC(=O)CCCCCCN1C(=O)CC[C@H]1C=CC(=O)Cc1ccccc1C(F)(F)F. The Bertz CT molecular complexity index is 820. The Morgan fingerprint density at radius 1 is 1.16 bits per heavy atom. The van der Waals surface area contributed by atoms with E-state index in [1.54, 1.807) is 17.9 Å². The highest BCUT2D eigenvalue weighted by Gasteiger charge is 2.33. The van der Waals surface area contributed by atoms with Crippen molar-refractivity contribution in [3.05, 3.63) is 47.5 Å². The van der Waals surface area contributed by atoms with E-state index >= 15 is 0 Å². The Morgan fingerprint density at radius 3 is 2.59 bits per heavy atom. The van der Waals surface area contributed by atoms with Gasteiger partial charge >= 0.3 is 12.1 Å². The van der Waals surface area contributed by atoms with Crippen LogP contribution in [0.15, 0.2) is 36.4 Å². The molecule has 1 aliphatic heterocycles. The second kappa shape index (κ2) is 12.4. The van der Waals surface area contributed by atoms with Crippen molar-refractivity contribution < 1.29 is 32.3 Å². The number of rotatable bonds is 12. The molecule has 0 aliphatic carbocycles. The van der Waals surface area contributed by atoms with Gasteiger partial charge < -0.3 is 9.64 Å². The summed E-state index contributed by atoms with van der Waals surface area (Å²) in [6.45, 7) is 2.70. The van der Waals surface area contributed by atoms with Crippen molar-refractivity contribution in [2.24, 2.45) is 0 Å². The smallest absolute Gasteiger partial charge is 0.416 e. The number of unbranched alkanes of at least 4 members (excludes halogenated alkanes) is 3. The molecular formula is C24H30F3NO4. The number of ketones is 1. The summed E-state index contributed by atoms with van der Waals surface area (Å²) in [5.74, 6) is -0.615. The summed E-state index contributed by atoms with van der Waals surface area (Å²) in [6.07, 6.45) is 2.70. The maximum Gasteiger partial charge on any atom is 0.416 e. The molecule has 0 N–H and O–H groups in total. The molecule has 5 nitrogen and oxygen atoms in total. The second-order valence-electron chi connectivity index (χ2n) is 7.82. The number of allylic oxidation sites excluding steroid dienone is 1. The molecule has 1 amide bonds. The lowest BCUT2D eigenvalue weighted by molar-refractivity contribution is -0.143. The van der Waals surface area contributed by atoms with Gasteiger partial charge in [0, 0.05) is 25.8 Å². The van der Waals surface area contributed by atoms with Gasteiger partial charge in [0.1, 0.15) is 0 Å². The number of carbonyl (C=O) groups excluding carboxylic acids is 3. The Hall–Kier alpha value is -2.64. The van der Waals surface area contributed by atoms with Crippen molar-refractivity contribution in [2.45, 2.75) is 70.5 Å². The fourth-order valence-corrected chi connectivity index (χ4v) is 3.80. The van der Waals surface area contributed by atoms with Crippen LogP contribution in [-0.2, 0) is 31.7 Å². The number of likely N-dealkylation sites (tertiary alicyclic amines) is 1. The highest BCUT2D eigenvalue weighted by atomic mass is 19.4. The number of ether oxygens (including phenoxy) is 1. The first-order valence-electron chi connectivity index (χ1n) is 11.0. The lowest BCUT2D eigenvalue weighted by Gasteiger charge is -2.22. The lowest BCUT2D eigenvalue weighted by atomic mass is 10.0. The first-order valence-corrected chi connectivity index (χ1v) is 11.0. The van der Waals surface area contributed by atoms with Crippen LogP contribution in [0, 0.1) is 0 Å². The number of esters is 1. The molecule has 1 aliphatic rings. The molecule has 0 spiro atoms. The summed E-state index contributed by atoms with van der Waals surface area (Å²) in [7, 11) is 0. The summed E-state index contributed by atoms with van der Waals surface area (Å²) < 4.78 is 44.2. The number of amides is 1. The van der Waals surface area contributed by atoms with Gasteiger partial charge in [0.2, 0.25) is 5.91 Å². The molecule has 1 fully saturated rings. The van der Waals surface area contributed by atoms with Gasteiger partial charge in [-0.2, -0.15) is 13.2 Å². The maximum absolute atomic E-state index is 13.1. The van der Waals surface area contributed by atoms with E-state index in [0.29, 0.717) is 32.4 Å². The normalized spacial score (nSPS) is 16.7. The molecule has 1 aromatic rings. The zero-order chi connectivity index (χ0) is 23.6. The second-order valence-corrected chi connectivity index (χ2v) is 7.82. The number of halogens is 3. The van der Waals surface area contributed by atoms with Gasteiger partial charge in [-0.25, -0.2) is 0 Å². The van der Waals surface area contributed by atoms with Crippen LogP contribution >= 0.6 is 0 Å². The molecule has 1 heterocycles. The van der Waals surface area contributed by atoms with E-state index in [9.17, 15) is 27.6 Å². The summed E-state index contributed by atoms with van der Waals surface area (Å²) in [5, 5.41) is 0. The monoisotopic (exact) mass is 453 g/mol. The number of hydrogen-bond acceptors (Lipinski definition) is 4. The predicted octanol–water partition coefficient (Wildman–Crippen LogP) is 4.88. The van der Waals surface area contributed by atoms with Crippen LogP contribution in [0.5, 0.6) is 0 Å². The fourth-order valence-electron chi connectivity index (χ4n) is 3.80. The Kier molecular flexibility index (Phi) is 9.94. The number of hydrogen-bond donors (Lipinski definition) is 0. The zero-order valence-corrected chi connectivity index (χ0v) is 18.3. The molecular weight excluding hydrogens is 423 g/mol. The van der Waals surface area contributed by atoms with Crippen molar-refractivity contribution in [3.8, 4) is 0 Å². The van der Waals surface area contributed by atoms with E-state index in [0.717, 1.165) is 31.7 Å². The van der Waals surface area contributed by atoms with Gasteiger partial charge in [-0.1, -0.05) is 37.1 Å². The minimum absolute atomic E-state index is 0.0149. The van der Waals surface area contributed by atoms with Crippen LogP contribution in [0.25, 0.3) is 0 Å². The number of carbonyl (C=O) groups is 3. The van der Waals surface area contributed by atoms with Crippen LogP contribution in [0.2, 0.25) is 0 Å². The number of alkyl halides is 3. The molecule has 2 rings (SSSR count). The van der Waals surface area contributed by atoms with E-state index < -0.39 is 17.5 Å². The van der Waals surface area contributed by atoms with Crippen molar-refractivity contribution in [2.75, 3.05) is 13.2 Å². The maximum atomic E-state index is 13.1. The highest BCUT2D eigenvalue weighted by molar-refractivity contribution is 5.92. The van der Waals surface area contributed by atoms with Gasteiger partial charge in [0.15, 0.2) is 5.78 Å². The molecule has 32 heavy (non-hydrogen) atoms.